The van der Waals surface area contributed by atoms with Gasteiger partial charge >= 0.3 is 0 Å². The molecule has 0 spiro atoms. The number of nitrogen functional groups attached to an aromatic ring is 1. The van der Waals surface area contributed by atoms with Crippen molar-refractivity contribution >= 4 is 11.6 Å². The second-order valence-corrected chi connectivity index (χ2v) is 4.43. The Bertz CT molecular complexity index is 422. The molecule has 1 unspecified atom stereocenters. The van der Waals surface area contributed by atoms with Crippen molar-refractivity contribution in [2.45, 2.75) is 18.9 Å². The van der Waals surface area contributed by atoms with Gasteiger partial charge in [0.25, 0.3) is 5.91 Å². The van der Waals surface area contributed by atoms with E-state index in [0.29, 0.717) is 18.0 Å². The highest BCUT2D eigenvalue weighted by atomic mass is 16.5. The van der Waals surface area contributed by atoms with Gasteiger partial charge in [-0.2, -0.15) is 0 Å². The van der Waals surface area contributed by atoms with Crippen molar-refractivity contribution in [2.24, 2.45) is 0 Å². The Labute approximate surface area is 106 Å². The second-order valence-electron chi connectivity index (χ2n) is 4.43. The fourth-order valence-corrected chi connectivity index (χ4v) is 2.19. The molecule has 0 saturated carbocycles. The van der Waals surface area contributed by atoms with Crippen LogP contribution in [-0.2, 0) is 4.79 Å². The van der Waals surface area contributed by atoms with Crippen LogP contribution in [0, 0.1) is 0 Å². The molecule has 0 aromatic heterocycles. The van der Waals surface area contributed by atoms with E-state index in [0.717, 1.165) is 12.8 Å². The van der Waals surface area contributed by atoms with Crippen LogP contribution in [-0.4, -0.2) is 41.7 Å². The van der Waals surface area contributed by atoms with Crippen LogP contribution < -0.4 is 10.5 Å². The number of ether oxygens (including phenoxy) is 1. The molecule has 18 heavy (non-hydrogen) atoms. The van der Waals surface area contributed by atoms with E-state index in [2.05, 4.69) is 0 Å². The van der Waals surface area contributed by atoms with E-state index >= 15 is 0 Å². The number of carbonyl (C=O) groups excluding carboxylic acids is 1. The van der Waals surface area contributed by atoms with Crippen molar-refractivity contribution in [3.63, 3.8) is 0 Å². The molecule has 0 bridgehead atoms. The van der Waals surface area contributed by atoms with E-state index < -0.39 is 0 Å². The minimum absolute atomic E-state index is 0.0139. The fraction of sp³-hybridized carbons (Fsp3) is 0.462. The van der Waals surface area contributed by atoms with Gasteiger partial charge < -0.3 is 20.5 Å². The van der Waals surface area contributed by atoms with Crippen molar-refractivity contribution in [2.75, 3.05) is 25.5 Å². The Morgan fingerprint density at radius 3 is 3.11 bits per heavy atom. The molecule has 1 aromatic carbocycles. The highest BCUT2D eigenvalue weighted by Gasteiger charge is 2.27. The summed E-state index contributed by atoms with van der Waals surface area (Å²) in [6.07, 6.45) is 1.80. The highest BCUT2D eigenvalue weighted by Crippen LogP contribution is 2.18. The maximum atomic E-state index is 11.9. The maximum Gasteiger partial charge on any atom is 0.260 e. The summed E-state index contributed by atoms with van der Waals surface area (Å²) in [5.74, 6) is 0.497. The average molecular weight is 250 g/mol. The smallest absolute Gasteiger partial charge is 0.260 e. The largest absolute Gasteiger partial charge is 0.484 e. The summed E-state index contributed by atoms with van der Waals surface area (Å²) in [5, 5.41) is 9.16. The van der Waals surface area contributed by atoms with Crippen LogP contribution in [0.1, 0.15) is 12.8 Å². The van der Waals surface area contributed by atoms with Gasteiger partial charge in [0, 0.05) is 18.3 Å². The number of benzene rings is 1. The Hall–Kier alpha value is -1.75. The van der Waals surface area contributed by atoms with Crippen molar-refractivity contribution in [3.05, 3.63) is 24.3 Å². The molecule has 1 fully saturated rings. The number of likely N-dealkylation sites (tertiary alicyclic amines) is 1. The van der Waals surface area contributed by atoms with Gasteiger partial charge in [0.2, 0.25) is 0 Å². The first-order valence-electron chi connectivity index (χ1n) is 6.09. The van der Waals surface area contributed by atoms with Gasteiger partial charge in [-0.3, -0.25) is 4.79 Å². The fourth-order valence-electron chi connectivity index (χ4n) is 2.19. The summed E-state index contributed by atoms with van der Waals surface area (Å²) >= 11 is 0. The molecule has 0 aliphatic carbocycles. The first kappa shape index (κ1) is 12.7. The number of aliphatic hydroxyl groups excluding tert-OH is 1. The van der Waals surface area contributed by atoms with Crippen LogP contribution in [0.2, 0.25) is 0 Å². The van der Waals surface area contributed by atoms with Gasteiger partial charge in [-0.05, 0) is 25.0 Å². The molecule has 5 nitrogen and oxygen atoms in total. The predicted molar refractivity (Wildman–Crippen MR) is 68.2 cm³/mol. The van der Waals surface area contributed by atoms with E-state index in [-0.39, 0.29) is 25.2 Å². The number of hydrogen-bond acceptors (Lipinski definition) is 4. The lowest BCUT2D eigenvalue weighted by molar-refractivity contribution is -0.134. The van der Waals surface area contributed by atoms with E-state index in [1.807, 2.05) is 0 Å². The summed E-state index contributed by atoms with van der Waals surface area (Å²) in [6, 6.07) is 6.93. The van der Waals surface area contributed by atoms with E-state index in [1.54, 1.807) is 29.2 Å². The monoisotopic (exact) mass is 250 g/mol. The number of anilines is 1. The number of nitrogens with two attached hydrogens (primary N) is 1. The molecular weight excluding hydrogens is 232 g/mol. The molecule has 1 aromatic rings. The topological polar surface area (TPSA) is 75.8 Å². The van der Waals surface area contributed by atoms with Crippen molar-refractivity contribution in [3.8, 4) is 5.75 Å². The molecule has 0 radical (unpaired) electrons. The Morgan fingerprint density at radius 1 is 1.56 bits per heavy atom. The van der Waals surface area contributed by atoms with Crippen LogP contribution in [0.15, 0.2) is 24.3 Å². The van der Waals surface area contributed by atoms with Crippen LogP contribution in [0.4, 0.5) is 5.69 Å². The Balaban J connectivity index is 1.88. The second kappa shape index (κ2) is 5.73. The lowest BCUT2D eigenvalue weighted by Crippen LogP contribution is -2.40. The third kappa shape index (κ3) is 2.92. The molecule has 1 heterocycles. The highest BCUT2D eigenvalue weighted by molar-refractivity contribution is 5.78. The van der Waals surface area contributed by atoms with Crippen molar-refractivity contribution in [1.82, 2.24) is 4.90 Å². The molecule has 1 saturated heterocycles. The lowest BCUT2D eigenvalue weighted by Gasteiger charge is -2.22. The standard InChI is InChI=1S/C13H18N2O3/c14-10-3-1-5-12(7-10)18-9-13(17)15-6-2-4-11(15)8-16/h1,3,5,7,11,16H,2,4,6,8-9,14H2. The lowest BCUT2D eigenvalue weighted by atomic mass is 10.2. The Morgan fingerprint density at radius 2 is 2.39 bits per heavy atom. The molecule has 1 amide bonds. The van der Waals surface area contributed by atoms with Crippen molar-refractivity contribution < 1.29 is 14.6 Å². The van der Waals surface area contributed by atoms with Crippen molar-refractivity contribution in [1.29, 1.82) is 0 Å². The van der Waals surface area contributed by atoms with Gasteiger partial charge in [0.05, 0.1) is 12.6 Å². The molecule has 2 rings (SSSR count). The van der Waals surface area contributed by atoms with Crippen LogP contribution in [0.5, 0.6) is 5.75 Å². The number of aliphatic hydroxyl groups is 1. The average Bonchev–Trinajstić information content (AvgIpc) is 2.84. The summed E-state index contributed by atoms with van der Waals surface area (Å²) < 4.78 is 5.40. The van der Waals surface area contributed by atoms with Crippen LogP contribution in [0.25, 0.3) is 0 Å². The summed E-state index contributed by atoms with van der Waals surface area (Å²) in [7, 11) is 0. The molecule has 5 heteroatoms. The molecule has 1 aliphatic rings. The van der Waals surface area contributed by atoms with Crippen LogP contribution >= 0.6 is 0 Å². The summed E-state index contributed by atoms with van der Waals surface area (Å²) in [5.41, 5.74) is 6.23. The Kier molecular flexibility index (Phi) is 4.04. The molecule has 1 aliphatic heterocycles. The van der Waals surface area contributed by atoms with E-state index in [9.17, 15) is 4.79 Å². The molecule has 3 N–H and O–H groups in total. The van der Waals surface area contributed by atoms with Gasteiger partial charge in [-0.1, -0.05) is 6.07 Å². The number of nitrogens with zero attached hydrogens (tertiary/aromatic N) is 1. The number of rotatable bonds is 4. The molecule has 98 valence electrons. The molecular formula is C13H18N2O3. The van der Waals surface area contributed by atoms with Gasteiger partial charge in [0.1, 0.15) is 5.75 Å². The van der Waals surface area contributed by atoms with Gasteiger partial charge in [-0.15, -0.1) is 0 Å². The minimum atomic E-state index is -0.0889. The summed E-state index contributed by atoms with van der Waals surface area (Å²) in [6.45, 7) is 0.703. The maximum absolute atomic E-state index is 11.9. The number of carbonyl (C=O) groups is 1. The zero-order chi connectivity index (χ0) is 13.0. The zero-order valence-electron chi connectivity index (χ0n) is 10.2. The third-order valence-corrected chi connectivity index (χ3v) is 3.13. The SMILES string of the molecule is Nc1cccc(OCC(=O)N2CCCC2CO)c1. The van der Waals surface area contributed by atoms with Crippen LogP contribution in [0.3, 0.4) is 0 Å². The summed E-state index contributed by atoms with van der Waals surface area (Å²) in [4.78, 5) is 13.6. The van der Waals surface area contributed by atoms with E-state index in [1.165, 1.54) is 0 Å². The van der Waals surface area contributed by atoms with E-state index in [4.69, 9.17) is 15.6 Å². The predicted octanol–water partition coefficient (Wildman–Crippen LogP) is 0.631. The first-order chi connectivity index (χ1) is 8.70. The quantitative estimate of drug-likeness (QED) is 0.769. The first-order valence-corrected chi connectivity index (χ1v) is 6.09. The zero-order valence-corrected chi connectivity index (χ0v) is 10.2. The normalized spacial score (nSPS) is 18.9. The third-order valence-electron chi connectivity index (χ3n) is 3.13. The number of amides is 1. The minimum Gasteiger partial charge on any atom is -0.484 e. The van der Waals surface area contributed by atoms with Gasteiger partial charge in [0.15, 0.2) is 6.61 Å². The number of hydrogen-bond donors (Lipinski definition) is 2. The molecule has 1 atom stereocenters. The van der Waals surface area contributed by atoms with Gasteiger partial charge in [-0.25, -0.2) is 0 Å².